The maximum Gasteiger partial charge on any atom is 0.333 e. The molecular weight excluding hydrogens is 681 g/mol. The van der Waals surface area contributed by atoms with Gasteiger partial charge >= 0.3 is 5.97 Å². The van der Waals surface area contributed by atoms with Gasteiger partial charge in [-0.1, -0.05) is 142 Å². The number of fused-ring (bicyclic) bond motifs is 3. The predicted molar refractivity (Wildman–Crippen MR) is 236 cm³/mol. The Hall–Kier alpha value is -6.51. The lowest BCUT2D eigenvalue weighted by Gasteiger charge is -2.23. The molecular formula is C54H40O2. The van der Waals surface area contributed by atoms with Gasteiger partial charge < -0.3 is 4.74 Å². The van der Waals surface area contributed by atoms with Crippen LogP contribution in [0.2, 0.25) is 0 Å². The molecule has 11 rings (SSSR count). The van der Waals surface area contributed by atoms with E-state index in [1.165, 1.54) is 115 Å². The zero-order valence-corrected chi connectivity index (χ0v) is 32.1. The van der Waals surface area contributed by atoms with Crippen molar-refractivity contribution in [3.63, 3.8) is 0 Å². The van der Waals surface area contributed by atoms with Crippen LogP contribution in [0.5, 0.6) is 0 Å². The maximum atomic E-state index is 12.0. The van der Waals surface area contributed by atoms with Crippen molar-refractivity contribution in [1.29, 1.82) is 0 Å². The molecule has 0 radical (unpaired) electrons. The molecule has 0 unspecified atom stereocenters. The van der Waals surface area contributed by atoms with Crippen molar-refractivity contribution in [2.75, 3.05) is 6.61 Å². The average Bonchev–Trinajstić information content (AvgIpc) is 3.43. The van der Waals surface area contributed by atoms with E-state index in [0.717, 1.165) is 5.56 Å². The molecule has 0 atom stereocenters. The summed E-state index contributed by atoms with van der Waals surface area (Å²) in [4.78, 5) is 12.0. The summed E-state index contributed by atoms with van der Waals surface area (Å²) in [6.45, 7) is 12.7. The Morgan fingerprint density at radius 3 is 1.46 bits per heavy atom. The van der Waals surface area contributed by atoms with Gasteiger partial charge in [-0.25, -0.2) is 4.79 Å². The van der Waals surface area contributed by atoms with Crippen molar-refractivity contribution in [3.8, 4) is 33.4 Å². The van der Waals surface area contributed by atoms with Crippen molar-refractivity contribution < 1.29 is 9.53 Å². The fourth-order valence-electron chi connectivity index (χ4n) is 9.96. The van der Waals surface area contributed by atoms with E-state index in [-0.39, 0.29) is 11.4 Å². The monoisotopic (exact) mass is 720 g/mol. The predicted octanol–water partition coefficient (Wildman–Crippen LogP) is 14.1. The quantitative estimate of drug-likeness (QED) is 0.0971. The maximum absolute atomic E-state index is 12.0. The first kappa shape index (κ1) is 32.9. The molecule has 0 aliphatic heterocycles. The van der Waals surface area contributed by atoms with Crippen molar-refractivity contribution in [2.45, 2.75) is 39.5 Å². The average molecular weight is 721 g/mol. The van der Waals surface area contributed by atoms with Gasteiger partial charge in [-0.15, -0.1) is 0 Å². The number of aryl methyl sites for hydroxylation is 1. The summed E-state index contributed by atoms with van der Waals surface area (Å²) in [5.41, 5.74) is 13.2. The minimum atomic E-state index is -0.339. The standard InChI is InChI=1S/C54H40O2/c1-30(2)53(55)56-23-22-32-26-39-9-7-34-11-17-42(46-21-15-40(27-32)50(39)52(34)46)36-13-19-44-43-18-12-35(28-47(43)54(4,5)48(44)29-36)41-16-10-33-6-8-37-24-31(3)25-38-14-20-45(41)51(33)49(37)38/h6-21,24-29H,1,22-23H2,2-5H3. The lowest BCUT2D eigenvalue weighted by molar-refractivity contribution is -0.138. The molecule has 10 aromatic carbocycles. The van der Waals surface area contributed by atoms with Crippen LogP contribution in [0.1, 0.15) is 43.0 Å². The van der Waals surface area contributed by atoms with Crippen molar-refractivity contribution in [1.82, 2.24) is 0 Å². The molecule has 1 aliphatic rings. The molecule has 0 saturated carbocycles. The third kappa shape index (κ3) is 4.72. The van der Waals surface area contributed by atoms with Crippen molar-refractivity contribution in [2.24, 2.45) is 0 Å². The van der Waals surface area contributed by atoms with Crippen LogP contribution in [0, 0.1) is 6.92 Å². The lowest BCUT2D eigenvalue weighted by atomic mass is 9.80. The molecule has 0 N–H and O–H groups in total. The van der Waals surface area contributed by atoms with Gasteiger partial charge in [0.15, 0.2) is 0 Å². The van der Waals surface area contributed by atoms with Crippen molar-refractivity contribution >= 4 is 70.6 Å². The summed E-state index contributed by atoms with van der Waals surface area (Å²) in [6, 6.07) is 50.8. The topological polar surface area (TPSA) is 26.3 Å². The van der Waals surface area contributed by atoms with Crippen LogP contribution in [0.3, 0.4) is 0 Å². The molecule has 2 heteroatoms. The van der Waals surface area contributed by atoms with Crippen LogP contribution in [0.15, 0.2) is 146 Å². The zero-order chi connectivity index (χ0) is 38.0. The van der Waals surface area contributed by atoms with E-state index in [2.05, 4.69) is 161 Å². The van der Waals surface area contributed by atoms with Crippen LogP contribution in [0.4, 0.5) is 0 Å². The highest BCUT2D eigenvalue weighted by Crippen LogP contribution is 2.52. The molecule has 0 bridgehead atoms. The molecule has 56 heavy (non-hydrogen) atoms. The van der Waals surface area contributed by atoms with E-state index < -0.39 is 0 Å². The Bertz CT molecular complexity index is 3270. The van der Waals surface area contributed by atoms with Crippen molar-refractivity contribution in [3.05, 3.63) is 168 Å². The molecule has 0 saturated heterocycles. The van der Waals surface area contributed by atoms with Gasteiger partial charge in [0.05, 0.1) is 6.61 Å². The first-order valence-electron chi connectivity index (χ1n) is 19.7. The fraction of sp³-hybridized carbons (Fsp3) is 0.130. The first-order chi connectivity index (χ1) is 27.1. The summed E-state index contributed by atoms with van der Waals surface area (Å²) < 4.78 is 5.41. The molecule has 0 spiro atoms. The summed E-state index contributed by atoms with van der Waals surface area (Å²) >= 11 is 0. The Kier molecular flexibility index (Phi) is 6.90. The van der Waals surface area contributed by atoms with Gasteiger partial charge in [-0.3, -0.25) is 0 Å². The van der Waals surface area contributed by atoms with Crippen LogP contribution in [-0.2, 0) is 21.4 Å². The number of esters is 1. The molecule has 10 aromatic rings. The summed E-state index contributed by atoms with van der Waals surface area (Å²) in [7, 11) is 0. The van der Waals surface area contributed by atoms with E-state index in [1.807, 2.05) is 0 Å². The minimum absolute atomic E-state index is 0.170. The van der Waals surface area contributed by atoms with Gasteiger partial charge in [0.2, 0.25) is 0 Å². The van der Waals surface area contributed by atoms with Gasteiger partial charge in [0.1, 0.15) is 0 Å². The lowest BCUT2D eigenvalue weighted by Crippen LogP contribution is -2.15. The molecule has 0 fully saturated rings. The number of carbonyl (C=O) groups is 1. The molecule has 0 amide bonds. The van der Waals surface area contributed by atoms with E-state index in [9.17, 15) is 4.79 Å². The van der Waals surface area contributed by atoms with E-state index >= 15 is 0 Å². The largest absolute Gasteiger partial charge is 0.462 e. The van der Waals surface area contributed by atoms with Gasteiger partial charge in [0, 0.05) is 17.4 Å². The number of rotatable bonds is 6. The SMILES string of the molecule is C=C(C)C(=O)OCCc1cc2ccc3ccc(-c4ccc5c(c4)C(C)(C)c4cc(-c6ccc7ccc8cc(C)cc9ccc6c7c89)ccc4-5)c4ccc(c1)c2c34. The Labute approximate surface area is 326 Å². The van der Waals surface area contributed by atoms with Crippen LogP contribution in [0.25, 0.3) is 98.0 Å². The van der Waals surface area contributed by atoms with Gasteiger partial charge in [0.25, 0.3) is 0 Å². The van der Waals surface area contributed by atoms with Crippen LogP contribution < -0.4 is 0 Å². The molecule has 1 aliphatic carbocycles. The Morgan fingerprint density at radius 2 is 0.964 bits per heavy atom. The number of ether oxygens (including phenoxy) is 1. The second kappa shape index (κ2) is 11.7. The highest BCUT2D eigenvalue weighted by atomic mass is 16.5. The highest BCUT2D eigenvalue weighted by molar-refractivity contribution is 6.27. The van der Waals surface area contributed by atoms with Gasteiger partial charge in [-0.05, 0) is 146 Å². The zero-order valence-electron chi connectivity index (χ0n) is 32.1. The fourth-order valence-corrected chi connectivity index (χ4v) is 9.96. The van der Waals surface area contributed by atoms with E-state index in [4.69, 9.17) is 4.74 Å². The van der Waals surface area contributed by atoms with E-state index in [1.54, 1.807) is 6.92 Å². The third-order valence-corrected chi connectivity index (χ3v) is 12.7. The Balaban J connectivity index is 0.982. The summed E-state index contributed by atoms with van der Waals surface area (Å²) in [5, 5.41) is 15.5. The number of benzene rings is 10. The second-order valence-corrected chi connectivity index (χ2v) is 16.6. The Morgan fingerprint density at radius 1 is 0.536 bits per heavy atom. The summed E-state index contributed by atoms with van der Waals surface area (Å²) in [5.74, 6) is -0.339. The smallest absolute Gasteiger partial charge is 0.333 e. The molecule has 2 nitrogen and oxygen atoms in total. The normalized spacial score (nSPS) is 13.4. The van der Waals surface area contributed by atoms with Crippen LogP contribution >= 0.6 is 0 Å². The summed E-state index contributed by atoms with van der Waals surface area (Å²) in [6.07, 6.45) is 0.660. The molecule has 0 heterocycles. The number of hydrogen-bond acceptors (Lipinski definition) is 2. The highest BCUT2D eigenvalue weighted by Gasteiger charge is 2.36. The second-order valence-electron chi connectivity index (χ2n) is 16.6. The first-order valence-corrected chi connectivity index (χ1v) is 19.7. The number of carbonyl (C=O) groups excluding carboxylic acids is 1. The number of hydrogen-bond donors (Lipinski definition) is 0. The third-order valence-electron chi connectivity index (χ3n) is 12.7. The van der Waals surface area contributed by atoms with Crippen LogP contribution in [-0.4, -0.2) is 12.6 Å². The van der Waals surface area contributed by atoms with E-state index in [0.29, 0.717) is 18.6 Å². The molecule has 0 aromatic heterocycles. The molecule has 268 valence electrons. The van der Waals surface area contributed by atoms with Gasteiger partial charge in [-0.2, -0.15) is 0 Å². The minimum Gasteiger partial charge on any atom is -0.462 e.